The van der Waals surface area contributed by atoms with Gasteiger partial charge in [-0.05, 0) is 25.0 Å². The van der Waals surface area contributed by atoms with Gasteiger partial charge in [0.2, 0.25) is 0 Å². The highest BCUT2D eigenvalue weighted by Crippen LogP contribution is 2.28. The number of fused-ring (bicyclic) bond motifs is 3. The molecule has 1 fully saturated rings. The molecule has 2 heterocycles. The minimum absolute atomic E-state index is 0.319. The molecule has 3 aromatic rings. The highest BCUT2D eigenvalue weighted by atomic mass is 16.4. The van der Waals surface area contributed by atoms with Crippen LogP contribution < -0.4 is 10.9 Å². The minimum atomic E-state index is -0.319. The lowest BCUT2D eigenvalue weighted by atomic mass is 9.95. The van der Waals surface area contributed by atoms with Gasteiger partial charge in [-0.3, -0.25) is 0 Å². The highest BCUT2D eigenvalue weighted by molar-refractivity contribution is 6.07. The Labute approximate surface area is 128 Å². The topological polar surface area (TPSA) is 55.1 Å². The van der Waals surface area contributed by atoms with Crippen molar-refractivity contribution in [2.45, 2.75) is 38.1 Å². The first kappa shape index (κ1) is 13.3. The van der Waals surface area contributed by atoms with Crippen LogP contribution in [0.25, 0.3) is 21.7 Å². The number of anilines is 1. The molecule has 1 N–H and O–H groups in total. The molecule has 4 nitrogen and oxygen atoms in total. The van der Waals surface area contributed by atoms with E-state index in [1.165, 1.54) is 19.3 Å². The number of benzene rings is 1. The van der Waals surface area contributed by atoms with E-state index in [0.717, 1.165) is 23.6 Å². The molecule has 1 saturated carbocycles. The average Bonchev–Trinajstić information content (AvgIpc) is 2.56. The van der Waals surface area contributed by atoms with Crippen molar-refractivity contribution in [2.75, 3.05) is 5.32 Å². The molecule has 112 valence electrons. The summed E-state index contributed by atoms with van der Waals surface area (Å²) in [5, 5.41) is 5.87. The third-order valence-corrected chi connectivity index (χ3v) is 4.48. The second-order valence-corrected chi connectivity index (χ2v) is 5.95. The number of aromatic nitrogens is 1. The molecular weight excluding hydrogens is 276 g/mol. The number of pyridine rings is 1. The molecule has 1 aromatic carbocycles. The average molecular weight is 294 g/mol. The van der Waals surface area contributed by atoms with Gasteiger partial charge in [0.25, 0.3) is 0 Å². The van der Waals surface area contributed by atoms with Gasteiger partial charge >= 0.3 is 5.63 Å². The van der Waals surface area contributed by atoms with E-state index >= 15 is 0 Å². The van der Waals surface area contributed by atoms with Crippen LogP contribution in [-0.4, -0.2) is 11.0 Å². The molecule has 2 aromatic heterocycles. The van der Waals surface area contributed by atoms with Crippen molar-refractivity contribution >= 4 is 27.6 Å². The fraction of sp³-hybridized carbons (Fsp3) is 0.333. The number of nitrogens with zero attached hydrogens (tertiary/aromatic N) is 1. The molecule has 1 aliphatic carbocycles. The second kappa shape index (κ2) is 5.44. The number of nitrogens with one attached hydrogen (secondary N) is 1. The first-order valence-corrected chi connectivity index (χ1v) is 7.90. The van der Waals surface area contributed by atoms with Crippen LogP contribution in [0.1, 0.15) is 32.1 Å². The van der Waals surface area contributed by atoms with Crippen molar-refractivity contribution in [1.29, 1.82) is 0 Å². The first-order chi connectivity index (χ1) is 10.8. The van der Waals surface area contributed by atoms with Gasteiger partial charge in [-0.2, -0.15) is 0 Å². The smallest absolute Gasteiger partial charge is 0.347 e. The zero-order chi connectivity index (χ0) is 14.9. The van der Waals surface area contributed by atoms with E-state index in [2.05, 4.69) is 10.3 Å². The molecule has 0 unspecified atom stereocenters. The normalized spacial score (nSPS) is 16.2. The lowest BCUT2D eigenvalue weighted by Gasteiger charge is -2.23. The van der Waals surface area contributed by atoms with Crippen LogP contribution in [0.4, 0.5) is 5.82 Å². The van der Waals surface area contributed by atoms with Gasteiger partial charge in [0, 0.05) is 23.0 Å². The molecule has 0 atom stereocenters. The molecular formula is C18H18N2O2. The van der Waals surface area contributed by atoms with E-state index in [0.29, 0.717) is 22.8 Å². The van der Waals surface area contributed by atoms with Gasteiger partial charge in [-0.1, -0.05) is 37.5 Å². The van der Waals surface area contributed by atoms with Crippen LogP contribution >= 0.6 is 0 Å². The molecule has 22 heavy (non-hydrogen) atoms. The summed E-state index contributed by atoms with van der Waals surface area (Å²) in [6, 6.07) is 9.92. The summed E-state index contributed by atoms with van der Waals surface area (Å²) in [4.78, 5) is 16.8. The lowest BCUT2D eigenvalue weighted by Crippen LogP contribution is -2.23. The van der Waals surface area contributed by atoms with Gasteiger partial charge in [0.15, 0.2) is 0 Å². The molecule has 4 heteroatoms. The summed E-state index contributed by atoms with van der Waals surface area (Å²) in [5.74, 6) is 0.656. The predicted molar refractivity (Wildman–Crippen MR) is 88.3 cm³/mol. The maximum Gasteiger partial charge on any atom is 0.347 e. The van der Waals surface area contributed by atoms with Crippen molar-refractivity contribution in [2.24, 2.45) is 0 Å². The Morgan fingerprint density at radius 2 is 1.86 bits per heavy atom. The molecule has 0 amide bonds. The Morgan fingerprint density at radius 1 is 1.05 bits per heavy atom. The summed E-state index contributed by atoms with van der Waals surface area (Å²) in [6.07, 6.45) is 7.81. The molecule has 0 aliphatic heterocycles. The SMILES string of the molecule is O=c1oc2ccccc2c2ccnc(NC3CCCCC3)c12. The van der Waals surface area contributed by atoms with Crippen LogP contribution in [-0.2, 0) is 0 Å². The Morgan fingerprint density at radius 3 is 2.73 bits per heavy atom. The van der Waals surface area contributed by atoms with Crippen molar-refractivity contribution < 1.29 is 4.42 Å². The molecule has 0 saturated heterocycles. The van der Waals surface area contributed by atoms with Gasteiger partial charge < -0.3 is 9.73 Å². The summed E-state index contributed by atoms with van der Waals surface area (Å²) in [6.45, 7) is 0. The van der Waals surface area contributed by atoms with Crippen LogP contribution in [0.2, 0.25) is 0 Å². The van der Waals surface area contributed by atoms with Crippen molar-refractivity contribution in [3.05, 3.63) is 46.9 Å². The molecule has 0 radical (unpaired) electrons. The molecule has 1 aliphatic rings. The van der Waals surface area contributed by atoms with Gasteiger partial charge in [0.05, 0.1) is 0 Å². The quantitative estimate of drug-likeness (QED) is 0.571. The summed E-state index contributed by atoms with van der Waals surface area (Å²) >= 11 is 0. The van der Waals surface area contributed by atoms with E-state index in [9.17, 15) is 4.79 Å². The standard InChI is InChI=1S/C18H18N2O2/c21-18-16-14(13-8-4-5-9-15(13)22-18)10-11-19-17(16)20-12-6-2-1-3-7-12/h4-5,8-12H,1-3,6-7H2,(H,19,20). The second-order valence-electron chi connectivity index (χ2n) is 5.95. The number of para-hydroxylation sites is 1. The minimum Gasteiger partial charge on any atom is -0.422 e. The Hall–Kier alpha value is -2.36. The maximum absolute atomic E-state index is 12.4. The molecule has 0 bridgehead atoms. The van der Waals surface area contributed by atoms with E-state index in [1.54, 1.807) is 6.20 Å². The van der Waals surface area contributed by atoms with Crippen molar-refractivity contribution in [3.63, 3.8) is 0 Å². The van der Waals surface area contributed by atoms with Crippen molar-refractivity contribution in [3.8, 4) is 0 Å². The van der Waals surface area contributed by atoms with Crippen LogP contribution in [0.5, 0.6) is 0 Å². The Kier molecular flexibility index (Phi) is 3.29. The van der Waals surface area contributed by atoms with E-state index in [4.69, 9.17) is 4.42 Å². The van der Waals surface area contributed by atoms with E-state index < -0.39 is 0 Å². The monoisotopic (exact) mass is 294 g/mol. The fourth-order valence-electron chi connectivity index (χ4n) is 3.37. The third-order valence-electron chi connectivity index (χ3n) is 4.48. The summed E-state index contributed by atoms with van der Waals surface area (Å²) in [7, 11) is 0. The predicted octanol–water partition coefficient (Wildman–Crippen LogP) is 4.09. The fourth-order valence-corrected chi connectivity index (χ4v) is 3.37. The lowest BCUT2D eigenvalue weighted by molar-refractivity contribution is 0.462. The van der Waals surface area contributed by atoms with Gasteiger partial charge in [0.1, 0.15) is 16.8 Å². The molecule has 0 spiro atoms. The summed E-state index contributed by atoms with van der Waals surface area (Å²) < 4.78 is 5.47. The molecule has 4 rings (SSSR count). The van der Waals surface area contributed by atoms with E-state index in [1.807, 2.05) is 30.3 Å². The third kappa shape index (κ3) is 2.25. The van der Waals surface area contributed by atoms with Gasteiger partial charge in [-0.25, -0.2) is 9.78 Å². The number of hydrogen-bond acceptors (Lipinski definition) is 4. The van der Waals surface area contributed by atoms with E-state index in [-0.39, 0.29) is 5.63 Å². The number of hydrogen-bond donors (Lipinski definition) is 1. The highest BCUT2D eigenvalue weighted by Gasteiger charge is 2.17. The summed E-state index contributed by atoms with van der Waals surface area (Å²) in [5.41, 5.74) is 0.301. The van der Waals surface area contributed by atoms with Crippen molar-refractivity contribution in [1.82, 2.24) is 4.98 Å². The van der Waals surface area contributed by atoms with Gasteiger partial charge in [-0.15, -0.1) is 0 Å². The first-order valence-electron chi connectivity index (χ1n) is 7.90. The largest absolute Gasteiger partial charge is 0.422 e. The maximum atomic E-state index is 12.4. The zero-order valence-electron chi connectivity index (χ0n) is 12.3. The van der Waals surface area contributed by atoms with Crippen LogP contribution in [0, 0.1) is 0 Å². The Bertz CT molecular complexity index is 879. The zero-order valence-corrected chi connectivity index (χ0v) is 12.3. The van der Waals surface area contributed by atoms with Crippen LogP contribution in [0.15, 0.2) is 45.7 Å². The van der Waals surface area contributed by atoms with Crippen LogP contribution in [0.3, 0.4) is 0 Å². The Balaban J connectivity index is 1.88. The number of rotatable bonds is 2.